The molecule has 0 aliphatic heterocycles. The summed E-state index contributed by atoms with van der Waals surface area (Å²) in [5.74, 6) is 0. The zero-order valence-corrected chi connectivity index (χ0v) is 11.4. The Balaban J connectivity index is 2.20. The molecule has 0 aliphatic rings. The maximum absolute atomic E-state index is 6.14. The Morgan fingerprint density at radius 1 is 1.22 bits per heavy atom. The summed E-state index contributed by atoms with van der Waals surface area (Å²) >= 11 is 6.14. The first-order valence-electron chi connectivity index (χ1n) is 6.13. The minimum atomic E-state index is 0.257. The van der Waals surface area contributed by atoms with Crippen LogP contribution in [0.15, 0.2) is 42.7 Å². The molecule has 1 atom stereocenters. The number of anilines is 1. The molecule has 0 spiro atoms. The van der Waals surface area contributed by atoms with Gasteiger partial charge in [0.1, 0.15) is 0 Å². The Hall–Kier alpha value is -1.54. The largest absolute Gasteiger partial charge is 0.376 e. The van der Waals surface area contributed by atoms with Crippen LogP contribution in [0.4, 0.5) is 5.69 Å². The fourth-order valence-corrected chi connectivity index (χ4v) is 2.05. The smallest absolute Gasteiger partial charge is 0.0720 e. The second kappa shape index (κ2) is 5.87. The minimum absolute atomic E-state index is 0.257. The summed E-state index contributed by atoms with van der Waals surface area (Å²) in [6.07, 6.45) is 4.45. The van der Waals surface area contributed by atoms with Gasteiger partial charge in [-0.1, -0.05) is 48.4 Å². The van der Waals surface area contributed by atoms with Gasteiger partial charge in [0.25, 0.3) is 0 Å². The van der Waals surface area contributed by atoms with E-state index in [1.165, 1.54) is 11.1 Å². The van der Waals surface area contributed by atoms with Crippen LogP contribution in [0.1, 0.15) is 30.5 Å². The van der Waals surface area contributed by atoms with E-state index in [0.29, 0.717) is 5.02 Å². The van der Waals surface area contributed by atoms with E-state index >= 15 is 0 Å². The topological polar surface area (TPSA) is 24.9 Å². The molecule has 0 radical (unpaired) electrons. The maximum Gasteiger partial charge on any atom is 0.0720 e. The highest BCUT2D eigenvalue weighted by molar-refractivity contribution is 6.33. The predicted octanol–water partition coefficient (Wildman–Crippen LogP) is 4.61. The zero-order chi connectivity index (χ0) is 13.0. The summed E-state index contributed by atoms with van der Waals surface area (Å²) < 4.78 is 0. The summed E-state index contributed by atoms with van der Waals surface area (Å²) in [7, 11) is 0. The number of aromatic nitrogens is 1. The van der Waals surface area contributed by atoms with E-state index < -0.39 is 0 Å². The molecule has 0 saturated carbocycles. The quantitative estimate of drug-likeness (QED) is 0.869. The summed E-state index contributed by atoms with van der Waals surface area (Å²) in [5, 5.41) is 4.14. The molecule has 0 bridgehead atoms. The second-order valence-electron chi connectivity index (χ2n) is 4.37. The zero-order valence-electron chi connectivity index (χ0n) is 10.7. The average Bonchev–Trinajstić information content (AvgIpc) is 2.39. The van der Waals surface area contributed by atoms with Crippen molar-refractivity contribution in [2.45, 2.75) is 26.3 Å². The van der Waals surface area contributed by atoms with E-state index in [9.17, 15) is 0 Å². The molecular formula is C15H17ClN2. The number of halogens is 1. The van der Waals surface area contributed by atoms with Crippen LogP contribution in [0.3, 0.4) is 0 Å². The molecule has 0 saturated heterocycles. The molecule has 0 amide bonds. The van der Waals surface area contributed by atoms with E-state index in [1.54, 1.807) is 18.5 Å². The Labute approximate surface area is 113 Å². The van der Waals surface area contributed by atoms with Gasteiger partial charge in [-0.25, -0.2) is 0 Å². The lowest BCUT2D eigenvalue weighted by Crippen LogP contribution is -2.10. The van der Waals surface area contributed by atoms with Crippen molar-refractivity contribution in [2.24, 2.45) is 0 Å². The summed E-state index contributed by atoms with van der Waals surface area (Å²) in [4.78, 5) is 4.09. The van der Waals surface area contributed by atoms with Gasteiger partial charge in [0.05, 0.1) is 22.9 Å². The van der Waals surface area contributed by atoms with Crippen molar-refractivity contribution in [3.63, 3.8) is 0 Å². The third-order valence-corrected chi connectivity index (χ3v) is 3.32. The SMILES string of the molecule is CCC(Nc1cnccc1Cl)c1ccc(C)cc1. The molecule has 0 aliphatic carbocycles. The Morgan fingerprint density at radius 2 is 1.94 bits per heavy atom. The van der Waals surface area contributed by atoms with E-state index in [2.05, 4.69) is 48.4 Å². The predicted molar refractivity (Wildman–Crippen MR) is 77.1 cm³/mol. The lowest BCUT2D eigenvalue weighted by molar-refractivity contribution is 0.748. The van der Waals surface area contributed by atoms with Crippen LogP contribution in [0, 0.1) is 6.92 Å². The summed E-state index contributed by atoms with van der Waals surface area (Å²) in [6, 6.07) is 10.6. The van der Waals surface area contributed by atoms with Crippen LogP contribution in [0.2, 0.25) is 5.02 Å². The number of rotatable bonds is 4. The number of hydrogen-bond donors (Lipinski definition) is 1. The molecule has 1 aromatic carbocycles. The molecule has 94 valence electrons. The van der Waals surface area contributed by atoms with Crippen molar-refractivity contribution >= 4 is 17.3 Å². The monoisotopic (exact) mass is 260 g/mol. The van der Waals surface area contributed by atoms with Crippen LogP contribution in [-0.2, 0) is 0 Å². The highest BCUT2D eigenvalue weighted by atomic mass is 35.5. The van der Waals surface area contributed by atoms with Gasteiger partial charge in [0, 0.05) is 6.20 Å². The number of hydrogen-bond acceptors (Lipinski definition) is 2. The Kier molecular flexibility index (Phi) is 4.21. The van der Waals surface area contributed by atoms with Crippen LogP contribution < -0.4 is 5.32 Å². The first-order valence-corrected chi connectivity index (χ1v) is 6.51. The number of pyridine rings is 1. The molecule has 2 aromatic rings. The summed E-state index contributed by atoms with van der Waals surface area (Å²) in [6.45, 7) is 4.25. The molecule has 1 N–H and O–H groups in total. The Morgan fingerprint density at radius 3 is 2.56 bits per heavy atom. The van der Waals surface area contributed by atoms with Gasteiger partial charge in [-0.2, -0.15) is 0 Å². The van der Waals surface area contributed by atoms with Crippen LogP contribution >= 0.6 is 11.6 Å². The third kappa shape index (κ3) is 3.02. The van der Waals surface area contributed by atoms with E-state index in [4.69, 9.17) is 11.6 Å². The number of nitrogens with zero attached hydrogens (tertiary/aromatic N) is 1. The maximum atomic E-state index is 6.14. The van der Waals surface area contributed by atoms with Crippen molar-refractivity contribution in [3.8, 4) is 0 Å². The average molecular weight is 261 g/mol. The van der Waals surface area contributed by atoms with Crippen LogP contribution in [0.25, 0.3) is 0 Å². The molecule has 1 unspecified atom stereocenters. The van der Waals surface area contributed by atoms with E-state index in [-0.39, 0.29) is 6.04 Å². The van der Waals surface area contributed by atoms with Gasteiger partial charge in [0.2, 0.25) is 0 Å². The second-order valence-corrected chi connectivity index (χ2v) is 4.78. The number of aryl methyl sites for hydroxylation is 1. The minimum Gasteiger partial charge on any atom is -0.376 e. The normalized spacial score (nSPS) is 12.2. The number of benzene rings is 1. The molecule has 2 rings (SSSR count). The molecule has 3 heteroatoms. The number of nitrogens with one attached hydrogen (secondary N) is 1. The third-order valence-electron chi connectivity index (χ3n) is 2.99. The van der Waals surface area contributed by atoms with Gasteiger partial charge in [-0.05, 0) is 25.0 Å². The van der Waals surface area contributed by atoms with Crippen LogP contribution in [0.5, 0.6) is 0 Å². The highest BCUT2D eigenvalue weighted by Gasteiger charge is 2.10. The summed E-state index contributed by atoms with van der Waals surface area (Å²) in [5.41, 5.74) is 3.42. The van der Waals surface area contributed by atoms with Gasteiger partial charge in [0.15, 0.2) is 0 Å². The van der Waals surface area contributed by atoms with Crippen LogP contribution in [-0.4, -0.2) is 4.98 Å². The lowest BCUT2D eigenvalue weighted by atomic mass is 10.0. The molecular weight excluding hydrogens is 244 g/mol. The highest BCUT2D eigenvalue weighted by Crippen LogP contribution is 2.27. The Bertz CT molecular complexity index is 508. The molecule has 0 fully saturated rings. The van der Waals surface area contributed by atoms with Crippen molar-refractivity contribution in [1.82, 2.24) is 4.98 Å². The first-order chi connectivity index (χ1) is 8.70. The fraction of sp³-hybridized carbons (Fsp3) is 0.267. The van der Waals surface area contributed by atoms with Crippen molar-refractivity contribution in [2.75, 3.05) is 5.32 Å². The van der Waals surface area contributed by atoms with Gasteiger partial charge < -0.3 is 5.32 Å². The molecule has 1 aromatic heterocycles. The van der Waals surface area contributed by atoms with Crippen molar-refractivity contribution in [3.05, 3.63) is 58.9 Å². The lowest BCUT2D eigenvalue weighted by Gasteiger charge is -2.19. The molecule has 18 heavy (non-hydrogen) atoms. The van der Waals surface area contributed by atoms with Crippen molar-refractivity contribution in [1.29, 1.82) is 0 Å². The molecule has 1 heterocycles. The standard InChI is InChI=1S/C15H17ClN2/c1-3-14(12-6-4-11(2)5-7-12)18-15-10-17-9-8-13(15)16/h4-10,14,18H,3H2,1-2H3. The van der Waals surface area contributed by atoms with E-state index in [0.717, 1.165) is 12.1 Å². The van der Waals surface area contributed by atoms with Crippen molar-refractivity contribution < 1.29 is 0 Å². The first kappa shape index (κ1) is 12.9. The fourth-order valence-electron chi connectivity index (χ4n) is 1.89. The van der Waals surface area contributed by atoms with E-state index in [1.807, 2.05) is 0 Å². The van der Waals surface area contributed by atoms with Gasteiger partial charge in [-0.15, -0.1) is 0 Å². The van der Waals surface area contributed by atoms with Gasteiger partial charge in [-0.3, -0.25) is 4.98 Å². The van der Waals surface area contributed by atoms with Gasteiger partial charge >= 0.3 is 0 Å². The molecule has 2 nitrogen and oxygen atoms in total.